The molecule has 0 radical (unpaired) electrons. The summed E-state index contributed by atoms with van der Waals surface area (Å²) in [6.07, 6.45) is 9.46. The minimum absolute atomic E-state index is 0.155. The van der Waals surface area contributed by atoms with Crippen molar-refractivity contribution in [1.29, 1.82) is 0 Å². The fraction of sp³-hybridized carbons (Fsp3) is 0.611. The first-order valence-corrected chi connectivity index (χ1v) is 8.66. The molecule has 22 heavy (non-hydrogen) atoms. The zero-order valence-electron chi connectivity index (χ0n) is 13.3. The van der Waals surface area contributed by atoms with E-state index in [2.05, 4.69) is 16.3 Å². The smallest absolute Gasteiger partial charge is 0.239 e. The number of nitrogen functional groups attached to an aromatic ring is 1. The van der Waals surface area contributed by atoms with E-state index in [-0.39, 0.29) is 5.91 Å². The Morgan fingerprint density at radius 3 is 2.73 bits per heavy atom. The lowest BCUT2D eigenvalue weighted by Crippen LogP contribution is -2.43. The van der Waals surface area contributed by atoms with Crippen molar-refractivity contribution < 1.29 is 4.79 Å². The van der Waals surface area contributed by atoms with Crippen molar-refractivity contribution in [3.05, 3.63) is 23.8 Å². The van der Waals surface area contributed by atoms with Gasteiger partial charge in [-0.1, -0.05) is 31.7 Å². The normalized spacial score (nSPS) is 19.4. The fourth-order valence-electron chi connectivity index (χ4n) is 3.76. The minimum Gasteiger partial charge on any atom is -0.398 e. The lowest BCUT2D eigenvalue weighted by Gasteiger charge is -2.32. The molecule has 1 aromatic carbocycles. The van der Waals surface area contributed by atoms with Crippen LogP contribution >= 0.6 is 0 Å². The number of fused-ring (bicyclic) bond motifs is 1. The van der Waals surface area contributed by atoms with Crippen LogP contribution in [0.3, 0.4) is 0 Å². The first kappa shape index (κ1) is 15.2. The number of benzene rings is 1. The zero-order valence-corrected chi connectivity index (χ0v) is 13.3. The average molecular weight is 301 g/mol. The van der Waals surface area contributed by atoms with E-state index in [1.165, 1.54) is 31.2 Å². The van der Waals surface area contributed by atoms with Gasteiger partial charge in [0.15, 0.2) is 0 Å². The van der Waals surface area contributed by atoms with E-state index in [9.17, 15) is 4.79 Å². The second kappa shape index (κ2) is 7.03. The van der Waals surface area contributed by atoms with Gasteiger partial charge in [0, 0.05) is 24.0 Å². The molecule has 4 nitrogen and oxygen atoms in total. The maximum Gasteiger partial charge on any atom is 0.239 e. The molecule has 2 aliphatic rings. The SMILES string of the molecule is Nc1cccc2c1CCCN2CC(=O)NC1CCCCCC1. The van der Waals surface area contributed by atoms with Gasteiger partial charge in [0.05, 0.1) is 6.54 Å². The third kappa shape index (κ3) is 3.54. The highest BCUT2D eigenvalue weighted by molar-refractivity contribution is 5.82. The second-order valence-corrected chi connectivity index (χ2v) is 6.63. The van der Waals surface area contributed by atoms with E-state index in [0.29, 0.717) is 12.6 Å². The Morgan fingerprint density at radius 2 is 1.95 bits per heavy atom. The summed E-state index contributed by atoms with van der Waals surface area (Å²) in [6.45, 7) is 1.39. The van der Waals surface area contributed by atoms with Crippen LogP contribution in [0, 0.1) is 0 Å². The third-order valence-corrected chi connectivity index (χ3v) is 4.94. The Bertz CT molecular complexity index is 521. The van der Waals surface area contributed by atoms with Gasteiger partial charge in [-0.25, -0.2) is 0 Å². The standard InChI is InChI=1S/C18H27N3O/c19-16-10-5-11-17-15(16)9-6-12-21(17)13-18(22)20-14-7-3-1-2-4-8-14/h5,10-11,14H,1-4,6-9,12-13,19H2,(H,20,22). The van der Waals surface area contributed by atoms with Crippen molar-refractivity contribution in [3.8, 4) is 0 Å². The topological polar surface area (TPSA) is 58.4 Å². The van der Waals surface area contributed by atoms with E-state index < -0.39 is 0 Å². The van der Waals surface area contributed by atoms with Crippen LogP contribution < -0.4 is 16.0 Å². The summed E-state index contributed by atoms with van der Waals surface area (Å²) in [5.74, 6) is 0.155. The number of nitrogens with two attached hydrogens (primary N) is 1. The zero-order chi connectivity index (χ0) is 15.4. The Kier molecular flexibility index (Phi) is 4.86. The number of nitrogens with zero attached hydrogens (tertiary/aromatic N) is 1. The molecule has 1 fully saturated rings. The second-order valence-electron chi connectivity index (χ2n) is 6.63. The van der Waals surface area contributed by atoms with Gasteiger partial charge in [-0.3, -0.25) is 4.79 Å². The molecule has 0 atom stereocenters. The van der Waals surface area contributed by atoms with Gasteiger partial charge in [-0.05, 0) is 43.4 Å². The van der Waals surface area contributed by atoms with E-state index in [0.717, 1.165) is 43.6 Å². The van der Waals surface area contributed by atoms with Crippen LogP contribution in [0.15, 0.2) is 18.2 Å². The van der Waals surface area contributed by atoms with Crippen LogP contribution in [0.5, 0.6) is 0 Å². The van der Waals surface area contributed by atoms with Gasteiger partial charge in [-0.2, -0.15) is 0 Å². The Labute approximate surface area is 133 Å². The molecule has 4 heteroatoms. The predicted octanol–water partition coefficient (Wildman–Crippen LogP) is 2.86. The molecular formula is C18H27N3O. The summed E-state index contributed by atoms with van der Waals surface area (Å²) in [6, 6.07) is 6.40. The largest absolute Gasteiger partial charge is 0.398 e. The molecule has 1 saturated carbocycles. The molecular weight excluding hydrogens is 274 g/mol. The molecule has 3 rings (SSSR count). The van der Waals surface area contributed by atoms with E-state index in [1.54, 1.807) is 0 Å². The minimum atomic E-state index is 0.155. The highest BCUT2D eigenvalue weighted by Gasteiger charge is 2.22. The fourth-order valence-corrected chi connectivity index (χ4v) is 3.76. The molecule has 0 bridgehead atoms. The number of amides is 1. The molecule has 3 N–H and O–H groups in total. The third-order valence-electron chi connectivity index (χ3n) is 4.94. The first-order chi connectivity index (χ1) is 10.7. The van der Waals surface area contributed by atoms with E-state index in [4.69, 9.17) is 5.73 Å². The summed E-state index contributed by atoms with van der Waals surface area (Å²) >= 11 is 0. The number of carbonyl (C=O) groups is 1. The predicted molar refractivity (Wildman–Crippen MR) is 91.0 cm³/mol. The maximum absolute atomic E-state index is 12.4. The quantitative estimate of drug-likeness (QED) is 0.667. The Balaban J connectivity index is 1.61. The van der Waals surface area contributed by atoms with Crippen molar-refractivity contribution in [2.75, 3.05) is 23.7 Å². The van der Waals surface area contributed by atoms with Gasteiger partial charge < -0.3 is 16.0 Å². The molecule has 120 valence electrons. The van der Waals surface area contributed by atoms with Crippen LogP contribution in [0.4, 0.5) is 11.4 Å². The lowest BCUT2D eigenvalue weighted by molar-refractivity contribution is -0.120. The first-order valence-electron chi connectivity index (χ1n) is 8.66. The van der Waals surface area contributed by atoms with Crippen LogP contribution in [0.2, 0.25) is 0 Å². The van der Waals surface area contributed by atoms with Crippen LogP contribution in [0.25, 0.3) is 0 Å². The highest BCUT2D eigenvalue weighted by atomic mass is 16.2. The van der Waals surface area contributed by atoms with Gasteiger partial charge in [0.2, 0.25) is 5.91 Å². The molecule has 1 aliphatic carbocycles. The van der Waals surface area contributed by atoms with Crippen molar-refractivity contribution in [2.45, 2.75) is 57.4 Å². The molecule has 1 aliphatic heterocycles. The number of carbonyl (C=O) groups excluding carboxylic acids is 1. The van der Waals surface area contributed by atoms with Gasteiger partial charge in [-0.15, -0.1) is 0 Å². The molecule has 1 amide bonds. The van der Waals surface area contributed by atoms with Gasteiger partial charge in [0.1, 0.15) is 0 Å². The van der Waals surface area contributed by atoms with Crippen LogP contribution in [-0.4, -0.2) is 25.0 Å². The molecule has 0 unspecified atom stereocenters. The number of rotatable bonds is 3. The van der Waals surface area contributed by atoms with Crippen LogP contribution in [-0.2, 0) is 11.2 Å². The highest BCUT2D eigenvalue weighted by Crippen LogP contribution is 2.30. The monoisotopic (exact) mass is 301 g/mol. The Hall–Kier alpha value is -1.71. The van der Waals surface area contributed by atoms with Crippen molar-refractivity contribution in [2.24, 2.45) is 0 Å². The summed E-state index contributed by atoms with van der Waals surface area (Å²) < 4.78 is 0. The van der Waals surface area contributed by atoms with Crippen LogP contribution in [0.1, 0.15) is 50.5 Å². The Morgan fingerprint density at radius 1 is 1.18 bits per heavy atom. The number of nitrogens with one attached hydrogen (secondary N) is 1. The summed E-state index contributed by atoms with van der Waals surface area (Å²) in [4.78, 5) is 14.6. The summed E-state index contributed by atoms with van der Waals surface area (Å²) in [5.41, 5.74) is 9.27. The molecule has 0 spiro atoms. The number of hydrogen-bond donors (Lipinski definition) is 2. The molecule has 1 heterocycles. The van der Waals surface area contributed by atoms with E-state index in [1.807, 2.05) is 12.1 Å². The van der Waals surface area contributed by atoms with Crippen molar-refractivity contribution in [3.63, 3.8) is 0 Å². The molecule has 0 saturated heterocycles. The lowest BCUT2D eigenvalue weighted by atomic mass is 10.00. The number of hydrogen-bond acceptors (Lipinski definition) is 3. The van der Waals surface area contributed by atoms with Crippen molar-refractivity contribution in [1.82, 2.24) is 5.32 Å². The summed E-state index contributed by atoms with van der Waals surface area (Å²) in [5, 5.41) is 3.24. The molecule has 0 aromatic heterocycles. The van der Waals surface area contributed by atoms with Gasteiger partial charge >= 0.3 is 0 Å². The summed E-state index contributed by atoms with van der Waals surface area (Å²) in [7, 11) is 0. The average Bonchev–Trinajstić information content (AvgIpc) is 2.77. The maximum atomic E-state index is 12.4. The van der Waals surface area contributed by atoms with E-state index >= 15 is 0 Å². The molecule has 1 aromatic rings. The van der Waals surface area contributed by atoms with Gasteiger partial charge in [0.25, 0.3) is 0 Å². The number of anilines is 2. The van der Waals surface area contributed by atoms with Crippen molar-refractivity contribution >= 4 is 17.3 Å².